The zero-order valence-electron chi connectivity index (χ0n) is 18.5. The third-order valence-corrected chi connectivity index (χ3v) is 5.12. The molecule has 0 aliphatic rings. The van der Waals surface area contributed by atoms with Crippen LogP contribution in [0.1, 0.15) is 25.6 Å². The monoisotopic (exact) mass is 433 g/mol. The molecule has 166 valence electrons. The van der Waals surface area contributed by atoms with Gasteiger partial charge in [-0.3, -0.25) is 9.89 Å². The molecule has 0 atom stereocenters. The van der Waals surface area contributed by atoms with Crippen molar-refractivity contribution in [1.29, 1.82) is 0 Å². The molecule has 8 heteroatoms. The van der Waals surface area contributed by atoms with Crippen LogP contribution in [0.3, 0.4) is 0 Å². The minimum absolute atomic E-state index is 0.0925. The molecule has 0 radical (unpaired) electrons. The molecule has 2 N–H and O–H groups in total. The van der Waals surface area contributed by atoms with Crippen molar-refractivity contribution in [2.75, 3.05) is 25.6 Å². The quantitative estimate of drug-likeness (QED) is 0.412. The lowest BCUT2D eigenvalue weighted by Crippen LogP contribution is -2.20. The molecule has 32 heavy (non-hydrogen) atoms. The number of carbonyl (C=O) groups is 1. The Morgan fingerprint density at radius 2 is 2.03 bits per heavy atom. The van der Waals surface area contributed by atoms with Crippen molar-refractivity contribution < 1.29 is 14.3 Å². The highest BCUT2D eigenvalue weighted by atomic mass is 16.5. The number of anilines is 1. The SMILES string of the molecule is COCCn1ccc2c(OCC(=O)Nc3cccc(-c4n[nH]c(C(C)C)n4)c3)cccc21. The van der Waals surface area contributed by atoms with Gasteiger partial charge in [0, 0.05) is 42.4 Å². The maximum atomic E-state index is 12.5. The maximum absolute atomic E-state index is 12.5. The van der Waals surface area contributed by atoms with Crippen LogP contribution in [0, 0.1) is 0 Å². The van der Waals surface area contributed by atoms with Crippen LogP contribution in [-0.2, 0) is 16.1 Å². The molecule has 0 unspecified atom stereocenters. The van der Waals surface area contributed by atoms with Gasteiger partial charge in [0.05, 0.1) is 12.1 Å². The van der Waals surface area contributed by atoms with Crippen LogP contribution < -0.4 is 10.1 Å². The van der Waals surface area contributed by atoms with E-state index in [9.17, 15) is 4.79 Å². The smallest absolute Gasteiger partial charge is 0.262 e. The summed E-state index contributed by atoms with van der Waals surface area (Å²) in [6.07, 6.45) is 2.00. The molecule has 0 aliphatic carbocycles. The minimum atomic E-state index is -0.240. The average molecular weight is 434 g/mol. The highest BCUT2D eigenvalue weighted by Gasteiger charge is 2.12. The number of aromatic amines is 1. The van der Waals surface area contributed by atoms with Gasteiger partial charge in [0.1, 0.15) is 11.6 Å². The Balaban J connectivity index is 1.41. The number of benzene rings is 2. The van der Waals surface area contributed by atoms with Crippen LogP contribution in [0.25, 0.3) is 22.3 Å². The summed E-state index contributed by atoms with van der Waals surface area (Å²) in [5.74, 6) is 2.12. The Kier molecular flexibility index (Phi) is 6.51. The van der Waals surface area contributed by atoms with Gasteiger partial charge in [-0.05, 0) is 30.3 Å². The van der Waals surface area contributed by atoms with Gasteiger partial charge in [-0.2, -0.15) is 5.10 Å². The third kappa shape index (κ3) is 4.81. The van der Waals surface area contributed by atoms with Crippen molar-refractivity contribution in [2.24, 2.45) is 0 Å². The molecule has 8 nitrogen and oxygen atoms in total. The van der Waals surface area contributed by atoms with Gasteiger partial charge in [-0.15, -0.1) is 0 Å². The van der Waals surface area contributed by atoms with Gasteiger partial charge in [-0.25, -0.2) is 4.98 Å². The summed E-state index contributed by atoms with van der Waals surface area (Å²) in [5, 5.41) is 11.1. The number of ether oxygens (including phenoxy) is 2. The van der Waals surface area contributed by atoms with Gasteiger partial charge >= 0.3 is 0 Å². The number of methoxy groups -OCH3 is 1. The van der Waals surface area contributed by atoms with E-state index in [2.05, 4.69) is 38.9 Å². The molecular formula is C24H27N5O3. The maximum Gasteiger partial charge on any atom is 0.262 e. The number of nitrogens with one attached hydrogen (secondary N) is 2. The van der Waals surface area contributed by atoms with Crippen molar-refractivity contribution in [1.82, 2.24) is 19.7 Å². The molecular weight excluding hydrogens is 406 g/mol. The summed E-state index contributed by atoms with van der Waals surface area (Å²) < 4.78 is 13.1. The third-order valence-electron chi connectivity index (χ3n) is 5.12. The number of fused-ring (bicyclic) bond motifs is 1. The largest absolute Gasteiger partial charge is 0.483 e. The van der Waals surface area contributed by atoms with E-state index in [1.54, 1.807) is 7.11 Å². The van der Waals surface area contributed by atoms with Crippen molar-refractivity contribution in [3.63, 3.8) is 0 Å². The van der Waals surface area contributed by atoms with Gasteiger partial charge in [-0.1, -0.05) is 32.0 Å². The normalized spacial score (nSPS) is 11.2. The Morgan fingerprint density at radius 3 is 2.81 bits per heavy atom. The molecule has 2 aromatic carbocycles. The summed E-state index contributed by atoms with van der Waals surface area (Å²) >= 11 is 0. The summed E-state index contributed by atoms with van der Waals surface area (Å²) in [7, 11) is 1.68. The highest BCUT2D eigenvalue weighted by molar-refractivity contribution is 5.93. The Morgan fingerprint density at radius 1 is 1.19 bits per heavy atom. The number of nitrogens with zero attached hydrogens (tertiary/aromatic N) is 3. The van der Waals surface area contributed by atoms with Crippen LogP contribution in [0.2, 0.25) is 0 Å². The molecule has 2 heterocycles. The molecule has 0 spiro atoms. The number of H-pyrrole nitrogens is 1. The van der Waals surface area contributed by atoms with Gasteiger partial charge in [0.15, 0.2) is 12.4 Å². The van der Waals surface area contributed by atoms with Crippen LogP contribution in [0.5, 0.6) is 5.75 Å². The van der Waals surface area contributed by atoms with E-state index >= 15 is 0 Å². The van der Waals surface area contributed by atoms with Crippen LogP contribution in [-0.4, -0.2) is 46.0 Å². The van der Waals surface area contributed by atoms with E-state index in [1.165, 1.54) is 0 Å². The second kappa shape index (κ2) is 9.65. The number of hydrogen-bond acceptors (Lipinski definition) is 5. The zero-order valence-corrected chi connectivity index (χ0v) is 18.5. The van der Waals surface area contributed by atoms with Crippen molar-refractivity contribution >= 4 is 22.5 Å². The Labute approximate surface area is 186 Å². The van der Waals surface area contributed by atoms with Crippen molar-refractivity contribution in [3.05, 3.63) is 60.6 Å². The number of amides is 1. The average Bonchev–Trinajstić information content (AvgIpc) is 3.44. The molecule has 4 rings (SSSR count). The fourth-order valence-electron chi connectivity index (χ4n) is 3.44. The number of rotatable bonds is 9. The molecule has 0 bridgehead atoms. The van der Waals surface area contributed by atoms with E-state index in [-0.39, 0.29) is 18.4 Å². The first-order chi connectivity index (χ1) is 15.5. The minimum Gasteiger partial charge on any atom is -0.483 e. The molecule has 0 saturated carbocycles. The lowest BCUT2D eigenvalue weighted by molar-refractivity contribution is -0.118. The van der Waals surface area contributed by atoms with E-state index in [0.717, 1.165) is 28.8 Å². The van der Waals surface area contributed by atoms with Crippen molar-refractivity contribution in [3.8, 4) is 17.1 Å². The second-order valence-corrected chi connectivity index (χ2v) is 7.81. The molecule has 0 fully saturated rings. The van der Waals surface area contributed by atoms with E-state index in [1.807, 2.05) is 54.7 Å². The van der Waals surface area contributed by atoms with Crippen LogP contribution >= 0.6 is 0 Å². The van der Waals surface area contributed by atoms with Gasteiger partial charge < -0.3 is 19.4 Å². The number of carbonyl (C=O) groups excluding carboxylic acids is 1. The molecule has 2 aromatic heterocycles. The Hall–Kier alpha value is -3.65. The van der Waals surface area contributed by atoms with Crippen LogP contribution in [0.4, 0.5) is 5.69 Å². The summed E-state index contributed by atoms with van der Waals surface area (Å²) in [6, 6.07) is 15.3. The molecule has 0 saturated heterocycles. The van der Waals surface area contributed by atoms with Crippen molar-refractivity contribution in [2.45, 2.75) is 26.3 Å². The fourth-order valence-corrected chi connectivity index (χ4v) is 3.44. The first-order valence-electron chi connectivity index (χ1n) is 10.6. The fraction of sp³-hybridized carbons (Fsp3) is 0.292. The van der Waals surface area contributed by atoms with Crippen LogP contribution in [0.15, 0.2) is 54.7 Å². The predicted octanol–water partition coefficient (Wildman–Crippen LogP) is 4.21. The standard InChI is InChI=1S/C24H27N5O3/c1-16(2)23-26-24(28-27-23)17-6-4-7-18(14-17)25-22(30)15-32-21-9-5-8-20-19(21)10-11-29(20)12-13-31-3/h4-11,14,16H,12-13,15H2,1-3H3,(H,25,30)(H,26,27,28). The van der Waals surface area contributed by atoms with Gasteiger partial charge in [0.25, 0.3) is 5.91 Å². The summed E-state index contributed by atoms with van der Waals surface area (Å²) in [6.45, 7) is 5.39. The van der Waals surface area contributed by atoms with Gasteiger partial charge in [0.2, 0.25) is 0 Å². The Bertz CT molecular complexity index is 1210. The second-order valence-electron chi connectivity index (χ2n) is 7.81. The molecule has 0 aliphatic heterocycles. The first-order valence-corrected chi connectivity index (χ1v) is 10.6. The first kappa shape index (κ1) is 21.6. The highest BCUT2D eigenvalue weighted by Crippen LogP contribution is 2.27. The summed E-state index contributed by atoms with van der Waals surface area (Å²) in [5.41, 5.74) is 2.53. The molecule has 1 amide bonds. The lowest BCUT2D eigenvalue weighted by atomic mass is 10.2. The van der Waals surface area contributed by atoms with E-state index in [0.29, 0.717) is 23.9 Å². The number of hydrogen-bond donors (Lipinski definition) is 2. The lowest BCUT2D eigenvalue weighted by Gasteiger charge is -2.10. The predicted molar refractivity (Wildman–Crippen MR) is 124 cm³/mol. The van der Waals surface area contributed by atoms with E-state index < -0.39 is 0 Å². The number of aromatic nitrogens is 4. The summed E-state index contributed by atoms with van der Waals surface area (Å²) in [4.78, 5) is 17.0. The van der Waals surface area contributed by atoms with E-state index in [4.69, 9.17) is 9.47 Å². The zero-order chi connectivity index (χ0) is 22.5. The topological polar surface area (TPSA) is 94.1 Å². The molecule has 4 aromatic rings.